The standard InChI is InChI=1S/C19H20BrN3O3/c1-12-4-9-17(25-12)16(23(2)3)11-21-19(24)15-10-18(26-22-15)13-5-7-14(20)8-6-13/h4-10,16H,11H2,1-3H3,(H,21,24)/t16-/m0/s1. The van der Waals surface area contributed by atoms with Crippen LogP contribution in [0.3, 0.4) is 0 Å². The van der Waals surface area contributed by atoms with E-state index in [4.69, 9.17) is 8.94 Å². The van der Waals surface area contributed by atoms with E-state index in [1.54, 1.807) is 6.07 Å². The number of carbonyl (C=O) groups excluding carboxylic acids is 1. The zero-order chi connectivity index (χ0) is 18.7. The molecule has 0 radical (unpaired) electrons. The molecule has 0 saturated carbocycles. The number of nitrogens with one attached hydrogen (secondary N) is 1. The summed E-state index contributed by atoms with van der Waals surface area (Å²) in [6.45, 7) is 2.30. The number of nitrogens with zero attached hydrogens (tertiary/aromatic N) is 2. The van der Waals surface area contributed by atoms with E-state index in [0.717, 1.165) is 21.6 Å². The summed E-state index contributed by atoms with van der Waals surface area (Å²) in [5.41, 5.74) is 1.10. The summed E-state index contributed by atoms with van der Waals surface area (Å²) in [7, 11) is 3.88. The molecule has 136 valence electrons. The molecule has 26 heavy (non-hydrogen) atoms. The fourth-order valence-corrected chi connectivity index (χ4v) is 2.85. The summed E-state index contributed by atoms with van der Waals surface area (Å²) in [5, 5.41) is 6.77. The highest BCUT2D eigenvalue weighted by Gasteiger charge is 2.20. The molecular weight excluding hydrogens is 398 g/mol. The molecule has 1 amide bonds. The molecule has 0 spiro atoms. The van der Waals surface area contributed by atoms with Crippen LogP contribution in [0.4, 0.5) is 0 Å². The van der Waals surface area contributed by atoms with E-state index in [1.807, 2.05) is 62.3 Å². The molecule has 1 N–H and O–H groups in total. The lowest BCUT2D eigenvalue weighted by Gasteiger charge is -2.22. The number of aryl methyl sites for hydroxylation is 1. The highest BCUT2D eigenvalue weighted by molar-refractivity contribution is 9.10. The Kier molecular flexibility index (Phi) is 5.58. The van der Waals surface area contributed by atoms with Crippen LogP contribution in [0.5, 0.6) is 0 Å². The van der Waals surface area contributed by atoms with Crippen molar-refractivity contribution in [1.29, 1.82) is 0 Å². The van der Waals surface area contributed by atoms with Crippen molar-refractivity contribution in [1.82, 2.24) is 15.4 Å². The summed E-state index contributed by atoms with van der Waals surface area (Å²) < 4.78 is 12.0. The molecule has 3 aromatic rings. The molecule has 0 bridgehead atoms. The van der Waals surface area contributed by atoms with Crippen molar-refractivity contribution >= 4 is 21.8 Å². The fourth-order valence-electron chi connectivity index (χ4n) is 2.58. The number of hydrogen-bond acceptors (Lipinski definition) is 5. The number of likely N-dealkylation sites (N-methyl/N-ethyl adjacent to an activating group) is 1. The van der Waals surface area contributed by atoms with Crippen LogP contribution < -0.4 is 5.32 Å². The Balaban J connectivity index is 1.67. The van der Waals surface area contributed by atoms with Gasteiger partial charge in [-0.15, -0.1) is 0 Å². The first-order valence-electron chi connectivity index (χ1n) is 8.17. The minimum Gasteiger partial charge on any atom is -0.465 e. The Morgan fingerprint density at radius 2 is 1.96 bits per heavy atom. The van der Waals surface area contributed by atoms with Gasteiger partial charge in [0.2, 0.25) is 0 Å². The Labute approximate surface area is 160 Å². The van der Waals surface area contributed by atoms with Crippen molar-refractivity contribution in [3.05, 3.63) is 64.2 Å². The molecule has 1 atom stereocenters. The number of halogens is 1. The Hall–Kier alpha value is -2.38. The third kappa shape index (κ3) is 4.23. The van der Waals surface area contributed by atoms with Gasteiger partial charge in [-0.1, -0.05) is 33.2 Å². The number of hydrogen-bond donors (Lipinski definition) is 1. The average molecular weight is 418 g/mol. The van der Waals surface area contributed by atoms with Crippen LogP contribution in [0.25, 0.3) is 11.3 Å². The average Bonchev–Trinajstić information content (AvgIpc) is 3.25. The van der Waals surface area contributed by atoms with Gasteiger partial charge in [0.05, 0.1) is 6.04 Å². The van der Waals surface area contributed by atoms with E-state index < -0.39 is 0 Å². The van der Waals surface area contributed by atoms with E-state index in [1.165, 1.54) is 0 Å². The van der Waals surface area contributed by atoms with Crippen molar-refractivity contribution in [2.75, 3.05) is 20.6 Å². The molecule has 2 heterocycles. The molecule has 0 aliphatic rings. The second-order valence-electron chi connectivity index (χ2n) is 6.22. The minimum absolute atomic E-state index is 0.0644. The molecule has 7 heteroatoms. The van der Waals surface area contributed by atoms with Gasteiger partial charge in [-0.3, -0.25) is 9.69 Å². The Bertz CT molecular complexity index is 884. The zero-order valence-corrected chi connectivity index (χ0v) is 16.4. The molecule has 1 aromatic carbocycles. The molecule has 0 aliphatic heterocycles. The van der Waals surface area contributed by atoms with Crippen molar-refractivity contribution in [2.24, 2.45) is 0 Å². The van der Waals surface area contributed by atoms with Crippen molar-refractivity contribution < 1.29 is 13.7 Å². The number of furan rings is 1. The smallest absolute Gasteiger partial charge is 0.273 e. The van der Waals surface area contributed by atoms with Crippen LogP contribution in [0.2, 0.25) is 0 Å². The summed E-state index contributed by atoms with van der Waals surface area (Å²) in [5.74, 6) is 1.91. The highest BCUT2D eigenvalue weighted by Crippen LogP contribution is 2.23. The summed E-state index contributed by atoms with van der Waals surface area (Å²) >= 11 is 3.39. The first-order valence-corrected chi connectivity index (χ1v) is 8.97. The molecule has 0 aliphatic carbocycles. The fraction of sp³-hybridized carbons (Fsp3) is 0.263. The van der Waals surface area contributed by atoms with Crippen LogP contribution >= 0.6 is 15.9 Å². The van der Waals surface area contributed by atoms with Gasteiger partial charge in [-0.2, -0.15) is 0 Å². The second kappa shape index (κ2) is 7.88. The number of carbonyl (C=O) groups is 1. The SMILES string of the molecule is Cc1ccc([C@H](CNC(=O)c2cc(-c3ccc(Br)cc3)on2)N(C)C)o1. The number of aromatic nitrogens is 1. The largest absolute Gasteiger partial charge is 0.465 e. The van der Waals surface area contributed by atoms with Crippen LogP contribution in [0, 0.1) is 6.92 Å². The maximum absolute atomic E-state index is 12.4. The molecule has 3 rings (SSSR count). The third-order valence-corrected chi connectivity index (χ3v) is 4.57. The predicted octanol–water partition coefficient (Wildman–Crippen LogP) is 4.04. The second-order valence-corrected chi connectivity index (χ2v) is 7.14. The van der Waals surface area contributed by atoms with E-state index in [9.17, 15) is 4.79 Å². The number of rotatable bonds is 6. The summed E-state index contributed by atoms with van der Waals surface area (Å²) in [6, 6.07) is 13.0. The van der Waals surface area contributed by atoms with Gasteiger partial charge in [0.25, 0.3) is 5.91 Å². The quantitative estimate of drug-likeness (QED) is 0.654. The van der Waals surface area contributed by atoms with E-state index >= 15 is 0 Å². The summed E-state index contributed by atoms with van der Waals surface area (Å²) in [6.07, 6.45) is 0. The lowest BCUT2D eigenvalue weighted by molar-refractivity contribution is 0.0930. The van der Waals surface area contributed by atoms with Gasteiger partial charge >= 0.3 is 0 Å². The van der Waals surface area contributed by atoms with E-state index in [2.05, 4.69) is 26.4 Å². The Morgan fingerprint density at radius 3 is 2.58 bits per heavy atom. The maximum atomic E-state index is 12.4. The molecule has 6 nitrogen and oxygen atoms in total. The molecule has 2 aromatic heterocycles. The van der Waals surface area contributed by atoms with Crippen molar-refractivity contribution in [3.63, 3.8) is 0 Å². The van der Waals surface area contributed by atoms with Gasteiger partial charge in [0, 0.05) is 22.6 Å². The maximum Gasteiger partial charge on any atom is 0.273 e. The predicted molar refractivity (Wildman–Crippen MR) is 102 cm³/mol. The number of amides is 1. The van der Waals surface area contributed by atoms with Gasteiger partial charge < -0.3 is 14.3 Å². The van der Waals surface area contributed by atoms with Crippen molar-refractivity contribution in [2.45, 2.75) is 13.0 Å². The number of benzene rings is 1. The summed E-state index contributed by atoms with van der Waals surface area (Å²) in [4.78, 5) is 14.4. The lowest BCUT2D eigenvalue weighted by atomic mass is 10.1. The molecule has 0 unspecified atom stereocenters. The van der Waals surface area contributed by atoms with Crippen LogP contribution in [0.1, 0.15) is 28.1 Å². The first kappa shape index (κ1) is 18.4. The van der Waals surface area contributed by atoms with E-state index in [-0.39, 0.29) is 17.6 Å². The first-order chi connectivity index (χ1) is 12.4. The normalized spacial score (nSPS) is 12.3. The minimum atomic E-state index is -0.285. The van der Waals surface area contributed by atoms with Crippen molar-refractivity contribution in [3.8, 4) is 11.3 Å². The molecular formula is C19H20BrN3O3. The third-order valence-electron chi connectivity index (χ3n) is 4.04. The molecule has 0 saturated heterocycles. The zero-order valence-electron chi connectivity index (χ0n) is 14.8. The topological polar surface area (TPSA) is 71.5 Å². The van der Waals surface area contributed by atoms with E-state index in [0.29, 0.717) is 12.3 Å². The van der Waals surface area contributed by atoms with Crippen LogP contribution in [-0.4, -0.2) is 36.6 Å². The highest BCUT2D eigenvalue weighted by atomic mass is 79.9. The Morgan fingerprint density at radius 1 is 1.23 bits per heavy atom. The lowest BCUT2D eigenvalue weighted by Crippen LogP contribution is -2.34. The van der Waals surface area contributed by atoms with Gasteiger partial charge in [0.15, 0.2) is 11.5 Å². The van der Waals surface area contributed by atoms with Gasteiger partial charge in [-0.05, 0) is 45.3 Å². The monoisotopic (exact) mass is 417 g/mol. The van der Waals surface area contributed by atoms with Crippen LogP contribution in [-0.2, 0) is 0 Å². The molecule has 0 fully saturated rings. The van der Waals surface area contributed by atoms with Crippen LogP contribution in [0.15, 0.2) is 55.9 Å². The van der Waals surface area contributed by atoms with Gasteiger partial charge in [-0.25, -0.2) is 0 Å². The van der Waals surface area contributed by atoms with Gasteiger partial charge in [0.1, 0.15) is 11.5 Å².